The second-order valence-corrected chi connectivity index (χ2v) is 7.45. The molecule has 1 N–H and O–H groups in total. The van der Waals surface area contributed by atoms with Crippen LogP contribution >= 0.6 is 23.1 Å². The van der Waals surface area contributed by atoms with Crippen molar-refractivity contribution in [2.45, 2.75) is 43.9 Å². The molecular weight excluding hydrogens is 276 g/mol. The highest BCUT2D eigenvalue weighted by molar-refractivity contribution is 7.98. The number of nitrogens with one attached hydrogen (secondary N) is 1. The molecule has 2 fully saturated rings. The molecule has 104 valence electrons. The van der Waals surface area contributed by atoms with Gasteiger partial charge >= 0.3 is 0 Å². The second-order valence-electron chi connectivity index (χ2n) is 5.49. The average Bonchev–Trinajstić information content (AvgIpc) is 2.87. The van der Waals surface area contributed by atoms with Crippen molar-refractivity contribution in [3.63, 3.8) is 0 Å². The predicted octanol–water partition coefficient (Wildman–Crippen LogP) is 2.85. The van der Waals surface area contributed by atoms with E-state index >= 15 is 0 Å². The van der Waals surface area contributed by atoms with Gasteiger partial charge in [0.2, 0.25) is 5.91 Å². The number of carbonyl (C=O) groups excluding carboxylic acids is 1. The van der Waals surface area contributed by atoms with Crippen LogP contribution in [-0.4, -0.2) is 34.4 Å². The lowest BCUT2D eigenvalue weighted by Crippen LogP contribution is -2.39. The highest BCUT2D eigenvalue weighted by Crippen LogP contribution is 2.47. The first-order chi connectivity index (χ1) is 9.18. The van der Waals surface area contributed by atoms with Gasteiger partial charge in [-0.25, -0.2) is 0 Å². The number of nitrogens with zero attached hydrogens (tertiary/aromatic N) is 1. The zero-order valence-corrected chi connectivity index (χ0v) is 13.0. The zero-order chi connectivity index (χ0) is 13.5. The molecule has 1 amide bonds. The summed E-state index contributed by atoms with van der Waals surface area (Å²) < 4.78 is 0. The van der Waals surface area contributed by atoms with Crippen LogP contribution < -0.4 is 5.32 Å². The van der Waals surface area contributed by atoms with Crippen molar-refractivity contribution >= 4 is 29.0 Å². The molecule has 1 saturated carbocycles. The summed E-state index contributed by atoms with van der Waals surface area (Å²) in [6.45, 7) is 2.18. The van der Waals surface area contributed by atoms with E-state index in [1.807, 2.05) is 11.8 Å². The molecule has 19 heavy (non-hydrogen) atoms. The molecule has 1 aliphatic heterocycles. The lowest BCUT2D eigenvalue weighted by molar-refractivity contribution is -0.132. The van der Waals surface area contributed by atoms with Gasteiger partial charge in [0.15, 0.2) is 0 Å². The standard InChI is InChI=1S/C14H20N2OS2/c1-10(5-9-18-2)16-12(11-4-3-8-19-11)15-14(6-7-14)13(16)17/h3-4,8,10,12,15H,5-7,9H2,1-2H3. The number of hydrogen-bond donors (Lipinski definition) is 1. The van der Waals surface area contributed by atoms with Crippen molar-refractivity contribution < 1.29 is 4.79 Å². The molecule has 3 rings (SSSR count). The molecule has 5 heteroatoms. The average molecular weight is 296 g/mol. The maximum atomic E-state index is 12.7. The molecule has 1 aliphatic carbocycles. The Hall–Kier alpha value is -0.520. The van der Waals surface area contributed by atoms with Crippen molar-refractivity contribution in [1.29, 1.82) is 0 Å². The zero-order valence-electron chi connectivity index (χ0n) is 11.4. The van der Waals surface area contributed by atoms with Gasteiger partial charge in [0.05, 0.1) is 0 Å². The lowest BCUT2D eigenvalue weighted by Gasteiger charge is -2.29. The fourth-order valence-electron chi connectivity index (χ4n) is 2.78. The number of rotatable bonds is 5. The van der Waals surface area contributed by atoms with Crippen LogP contribution in [0.4, 0.5) is 0 Å². The summed E-state index contributed by atoms with van der Waals surface area (Å²) in [6.07, 6.45) is 5.27. The Labute approximate surface area is 122 Å². The van der Waals surface area contributed by atoms with E-state index in [1.165, 1.54) is 4.88 Å². The van der Waals surface area contributed by atoms with Crippen LogP contribution in [-0.2, 0) is 4.79 Å². The number of thiophene rings is 1. The minimum atomic E-state index is -0.220. The Morgan fingerprint density at radius 1 is 1.63 bits per heavy atom. The van der Waals surface area contributed by atoms with E-state index in [0.29, 0.717) is 11.9 Å². The minimum Gasteiger partial charge on any atom is -0.318 e. The van der Waals surface area contributed by atoms with Gasteiger partial charge in [-0.1, -0.05) is 6.07 Å². The molecule has 1 aromatic heterocycles. The van der Waals surface area contributed by atoms with Crippen molar-refractivity contribution in [1.82, 2.24) is 10.2 Å². The van der Waals surface area contributed by atoms with Crippen LogP contribution in [0, 0.1) is 0 Å². The van der Waals surface area contributed by atoms with E-state index in [1.54, 1.807) is 11.3 Å². The van der Waals surface area contributed by atoms with Gasteiger partial charge in [-0.15, -0.1) is 11.3 Å². The third-order valence-electron chi connectivity index (χ3n) is 4.11. The molecule has 2 unspecified atom stereocenters. The van der Waals surface area contributed by atoms with Gasteiger partial charge in [-0.05, 0) is 49.6 Å². The maximum absolute atomic E-state index is 12.7. The third-order valence-corrected chi connectivity index (χ3v) is 5.68. The molecule has 1 spiro atoms. The Morgan fingerprint density at radius 3 is 3.00 bits per heavy atom. The maximum Gasteiger partial charge on any atom is 0.244 e. The van der Waals surface area contributed by atoms with Crippen LogP contribution in [0.3, 0.4) is 0 Å². The van der Waals surface area contributed by atoms with E-state index in [2.05, 4.69) is 40.9 Å². The lowest BCUT2D eigenvalue weighted by atomic mass is 10.2. The molecule has 0 bridgehead atoms. The fraction of sp³-hybridized carbons (Fsp3) is 0.643. The summed E-state index contributed by atoms with van der Waals surface area (Å²) in [5, 5.41) is 5.67. The molecule has 1 aromatic rings. The van der Waals surface area contributed by atoms with Gasteiger partial charge in [-0.3, -0.25) is 10.1 Å². The summed E-state index contributed by atoms with van der Waals surface area (Å²) in [6, 6.07) is 4.50. The quantitative estimate of drug-likeness (QED) is 0.907. The topological polar surface area (TPSA) is 32.3 Å². The van der Waals surface area contributed by atoms with E-state index in [9.17, 15) is 4.79 Å². The van der Waals surface area contributed by atoms with Gasteiger partial charge in [0, 0.05) is 10.9 Å². The molecule has 0 radical (unpaired) electrons. The largest absolute Gasteiger partial charge is 0.318 e. The summed E-state index contributed by atoms with van der Waals surface area (Å²) in [7, 11) is 0. The fourth-order valence-corrected chi connectivity index (χ4v) is 4.13. The summed E-state index contributed by atoms with van der Waals surface area (Å²) >= 11 is 3.58. The van der Waals surface area contributed by atoms with E-state index in [-0.39, 0.29) is 11.7 Å². The molecular formula is C14H20N2OS2. The highest BCUT2D eigenvalue weighted by Gasteiger charge is 2.60. The smallest absolute Gasteiger partial charge is 0.244 e. The second kappa shape index (κ2) is 5.11. The molecule has 0 aromatic carbocycles. The third kappa shape index (κ3) is 2.32. The number of hydrogen-bond acceptors (Lipinski definition) is 4. The van der Waals surface area contributed by atoms with Crippen molar-refractivity contribution in [2.24, 2.45) is 0 Å². The highest BCUT2D eigenvalue weighted by atomic mass is 32.2. The van der Waals surface area contributed by atoms with E-state index in [0.717, 1.165) is 25.0 Å². The van der Waals surface area contributed by atoms with Crippen LogP contribution in [0.25, 0.3) is 0 Å². The molecule has 2 aliphatic rings. The van der Waals surface area contributed by atoms with Crippen LogP contribution in [0.5, 0.6) is 0 Å². The Balaban J connectivity index is 1.83. The number of carbonyl (C=O) groups is 1. The van der Waals surface area contributed by atoms with Crippen molar-refractivity contribution in [2.75, 3.05) is 12.0 Å². The van der Waals surface area contributed by atoms with E-state index in [4.69, 9.17) is 0 Å². The van der Waals surface area contributed by atoms with Crippen LogP contribution in [0.2, 0.25) is 0 Å². The Kier molecular flexibility index (Phi) is 3.62. The molecule has 3 nitrogen and oxygen atoms in total. The van der Waals surface area contributed by atoms with Gasteiger partial charge in [0.25, 0.3) is 0 Å². The molecule has 2 heterocycles. The predicted molar refractivity (Wildman–Crippen MR) is 81.5 cm³/mol. The summed E-state index contributed by atoms with van der Waals surface area (Å²) in [5.74, 6) is 1.43. The van der Waals surface area contributed by atoms with Gasteiger partial charge in [-0.2, -0.15) is 11.8 Å². The Morgan fingerprint density at radius 2 is 2.42 bits per heavy atom. The number of amides is 1. The van der Waals surface area contributed by atoms with Gasteiger partial charge in [0.1, 0.15) is 11.7 Å². The normalized spacial score (nSPS) is 26.1. The first-order valence-electron chi connectivity index (χ1n) is 6.81. The van der Waals surface area contributed by atoms with Crippen molar-refractivity contribution in [3.05, 3.63) is 22.4 Å². The van der Waals surface area contributed by atoms with E-state index < -0.39 is 0 Å². The number of thioether (sulfide) groups is 1. The first kappa shape index (κ1) is 13.5. The summed E-state index contributed by atoms with van der Waals surface area (Å²) in [4.78, 5) is 16.0. The first-order valence-corrected chi connectivity index (χ1v) is 9.08. The SMILES string of the molecule is CSCCC(C)N1C(=O)C2(CC2)NC1c1cccs1. The molecule has 1 saturated heterocycles. The van der Waals surface area contributed by atoms with Crippen molar-refractivity contribution in [3.8, 4) is 0 Å². The summed E-state index contributed by atoms with van der Waals surface area (Å²) in [5.41, 5.74) is -0.220. The van der Waals surface area contributed by atoms with Crippen LogP contribution in [0.15, 0.2) is 17.5 Å². The molecule has 2 atom stereocenters. The van der Waals surface area contributed by atoms with Gasteiger partial charge < -0.3 is 4.90 Å². The Bertz CT molecular complexity index is 456. The van der Waals surface area contributed by atoms with Crippen LogP contribution in [0.1, 0.15) is 37.2 Å². The monoisotopic (exact) mass is 296 g/mol. The minimum absolute atomic E-state index is 0.0897.